The molecule has 23 heavy (non-hydrogen) atoms. The van der Waals surface area contributed by atoms with E-state index < -0.39 is 0 Å². The smallest absolute Gasteiger partial charge is 0.343 e. The minimum atomic E-state index is -0.339. The highest BCUT2D eigenvalue weighted by Crippen LogP contribution is 2.49. The van der Waals surface area contributed by atoms with E-state index in [1.807, 2.05) is 30.3 Å². The second kappa shape index (κ2) is 7.11. The Morgan fingerprint density at radius 3 is 2.13 bits per heavy atom. The van der Waals surface area contributed by atoms with Gasteiger partial charge in [-0.1, -0.05) is 53.9 Å². The normalized spacial score (nSPS) is 14.1. The maximum atomic E-state index is 12.1. The summed E-state index contributed by atoms with van der Waals surface area (Å²) in [4.78, 5) is 14.8. The first-order valence-electron chi connectivity index (χ1n) is 7.24. The molecule has 2 aromatic rings. The van der Waals surface area contributed by atoms with E-state index in [9.17, 15) is 4.79 Å². The van der Waals surface area contributed by atoms with Crippen LogP contribution in [0.25, 0.3) is 6.08 Å². The minimum absolute atomic E-state index is 0.339. The molecule has 0 fully saturated rings. The van der Waals surface area contributed by atoms with Gasteiger partial charge in [-0.25, -0.2) is 4.79 Å². The predicted molar refractivity (Wildman–Crippen MR) is 99.4 cm³/mol. The molecule has 0 saturated heterocycles. The van der Waals surface area contributed by atoms with Crippen LogP contribution in [0.2, 0.25) is 0 Å². The molecule has 1 aliphatic heterocycles. The third-order valence-electron chi connectivity index (χ3n) is 3.39. The molecular formula is C19H16O2S2. The van der Waals surface area contributed by atoms with Gasteiger partial charge in [-0.05, 0) is 59.6 Å². The van der Waals surface area contributed by atoms with E-state index in [2.05, 4.69) is 19.9 Å². The van der Waals surface area contributed by atoms with Crippen molar-refractivity contribution in [3.8, 4) is 5.75 Å². The molecule has 4 heteroatoms. The van der Waals surface area contributed by atoms with Gasteiger partial charge in [0.1, 0.15) is 5.75 Å². The Kier molecular flexibility index (Phi) is 4.94. The molecule has 0 saturated carbocycles. The molecule has 1 aliphatic rings. The van der Waals surface area contributed by atoms with Crippen LogP contribution in [0.15, 0.2) is 68.6 Å². The van der Waals surface area contributed by atoms with Crippen molar-refractivity contribution in [3.05, 3.63) is 79.8 Å². The van der Waals surface area contributed by atoms with Crippen LogP contribution in [0, 0.1) is 0 Å². The molecule has 0 spiro atoms. The number of rotatable bonds is 3. The Bertz CT molecular complexity index is 759. The number of ether oxygens (including phenoxy) is 1. The molecule has 0 amide bonds. The lowest BCUT2D eigenvalue weighted by atomic mass is 10.1. The zero-order valence-corrected chi connectivity index (χ0v) is 14.5. The Morgan fingerprint density at radius 1 is 0.913 bits per heavy atom. The summed E-state index contributed by atoms with van der Waals surface area (Å²) in [7, 11) is 0. The van der Waals surface area contributed by atoms with Crippen LogP contribution < -0.4 is 4.74 Å². The van der Waals surface area contributed by atoms with E-state index in [0.717, 1.165) is 5.56 Å². The molecule has 3 rings (SSSR count). The topological polar surface area (TPSA) is 26.3 Å². The second-order valence-corrected chi connectivity index (χ2v) is 7.88. The zero-order chi connectivity index (χ0) is 16.2. The van der Waals surface area contributed by atoms with E-state index in [-0.39, 0.29) is 5.97 Å². The Labute approximate surface area is 144 Å². The molecule has 1 heterocycles. The average Bonchev–Trinajstić information content (AvgIpc) is 2.87. The SMILES string of the molecule is CC1=C(C)SC(=Cc2ccc(C(=O)Oc3ccccc3)cc2)S1. The van der Waals surface area contributed by atoms with E-state index in [0.29, 0.717) is 11.3 Å². The minimum Gasteiger partial charge on any atom is -0.423 e. The van der Waals surface area contributed by atoms with Crippen molar-refractivity contribution in [2.24, 2.45) is 0 Å². The maximum absolute atomic E-state index is 12.1. The summed E-state index contributed by atoms with van der Waals surface area (Å²) in [6, 6.07) is 16.6. The fourth-order valence-electron chi connectivity index (χ4n) is 2.03. The summed E-state index contributed by atoms with van der Waals surface area (Å²) in [6.45, 7) is 4.27. The Hall–Kier alpha value is -1.91. The fourth-order valence-corrected chi connectivity index (χ4v) is 4.48. The van der Waals surface area contributed by atoms with Gasteiger partial charge in [0, 0.05) is 4.24 Å². The number of para-hydroxylation sites is 1. The van der Waals surface area contributed by atoms with Crippen molar-refractivity contribution in [2.45, 2.75) is 13.8 Å². The van der Waals surface area contributed by atoms with Gasteiger partial charge in [-0.2, -0.15) is 0 Å². The van der Waals surface area contributed by atoms with Crippen LogP contribution in [0.4, 0.5) is 0 Å². The third kappa shape index (κ3) is 4.09. The highest BCUT2D eigenvalue weighted by atomic mass is 32.2. The molecule has 0 bridgehead atoms. The number of hydrogen-bond acceptors (Lipinski definition) is 4. The van der Waals surface area contributed by atoms with Crippen molar-refractivity contribution in [3.63, 3.8) is 0 Å². The number of carbonyl (C=O) groups is 1. The molecule has 2 nitrogen and oxygen atoms in total. The molecule has 0 aromatic heterocycles. The summed E-state index contributed by atoms with van der Waals surface area (Å²) in [5.41, 5.74) is 1.63. The average molecular weight is 340 g/mol. The van der Waals surface area contributed by atoms with Gasteiger partial charge < -0.3 is 4.74 Å². The number of hydrogen-bond donors (Lipinski definition) is 0. The summed E-state index contributed by atoms with van der Waals surface area (Å²) in [5.74, 6) is 0.216. The third-order valence-corrected chi connectivity index (χ3v) is 5.88. The first kappa shape index (κ1) is 16.0. The van der Waals surface area contributed by atoms with Crippen LogP contribution in [-0.2, 0) is 0 Å². The number of esters is 1. The van der Waals surface area contributed by atoms with E-state index in [1.54, 1.807) is 47.8 Å². The highest BCUT2D eigenvalue weighted by molar-refractivity contribution is 8.28. The highest BCUT2D eigenvalue weighted by Gasteiger charge is 2.14. The van der Waals surface area contributed by atoms with E-state index in [4.69, 9.17) is 4.74 Å². The van der Waals surface area contributed by atoms with Crippen LogP contribution in [0.3, 0.4) is 0 Å². The molecular weight excluding hydrogens is 324 g/mol. The van der Waals surface area contributed by atoms with Crippen molar-refractivity contribution in [2.75, 3.05) is 0 Å². The molecule has 0 radical (unpaired) electrons. The zero-order valence-electron chi connectivity index (χ0n) is 12.9. The molecule has 2 aromatic carbocycles. The number of benzene rings is 2. The quantitative estimate of drug-likeness (QED) is 0.510. The lowest BCUT2D eigenvalue weighted by molar-refractivity contribution is 0.0735. The molecule has 0 unspecified atom stereocenters. The molecule has 116 valence electrons. The monoisotopic (exact) mass is 340 g/mol. The largest absolute Gasteiger partial charge is 0.423 e. The van der Waals surface area contributed by atoms with Gasteiger partial charge in [0.05, 0.1) is 5.56 Å². The number of thioether (sulfide) groups is 2. The van der Waals surface area contributed by atoms with Crippen molar-refractivity contribution in [1.82, 2.24) is 0 Å². The number of carbonyl (C=O) groups excluding carboxylic acids is 1. The summed E-state index contributed by atoms with van der Waals surface area (Å²) in [5, 5.41) is 0. The first-order valence-corrected chi connectivity index (χ1v) is 8.87. The van der Waals surface area contributed by atoms with Gasteiger partial charge in [0.2, 0.25) is 0 Å². The van der Waals surface area contributed by atoms with Gasteiger partial charge in [0.15, 0.2) is 0 Å². The van der Waals surface area contributed by atoms with E-state index >= 15 is 0 Å². The first-order chi connectivity index (χ1) is 11.1. The van der Waals surface area contributed by atoms with Crippen LogP contribution in [0.1, 0.15) is 29.8 Å². The van der Waals surface area contributed by atoms with Crippen LogP contribution in [0.5, 0.6) is 5.75 Å². The van der Waals surface area contributed by atoms with Crippen molar-refractivity contribution < 1.29 is 9.53 Å². The predicted octanol–water partition coefficient (Wildman–Crippen LogP) is 5.94. The molecule has 0 aliphatic carbocycles. The number of allylic oxidation sites excluding steroid dienone is 2. The molecule has 0 N–H and O–H groups in total. The van der Waals surface area contributed by atoms with Crippen molar-refractivity contribution >= 4 is 35.6 Å². The van der Waals surface area contributed by atoms with E-state index in [1.165, 1.54) is 14.0 Å². The van der Waals surface area contributed by atoms with Gasteiger partial charge in [-0.15, -0.1) is 0 Å². The summed E-state index contributed by atoms with van der Waals surface area (Å²) < 4.78 is 6.60. The Balaban J connectivity index is 1.68. The summed E-state index contributed by atoms with van der Waals surface area (Å²) in [6.07, 6.45) is 2.14. The lowest BCUT2D eigenvalue weighted by Crippen LogP contribution is -2.08. The van der Waals surface area contributed by atoms with Gasteiger partial charge >= 0.3 is 5.97 Å². The van der Waals surface area contributed by atoms with Crippen LogP contribution in [-0.4, -0.2) is 5.97 Å². The van der Waals surface area contributed by atoms with Gasteiger partial charge in [0.25, 0.3) is 0 Å². The standard InChI is InChI=1S/C19H16O2S2/c1-13-14(2)23-18(22-13)12-15-8-10-16(11-9-15)19(20)21-17-6-4-3-5-7-17/h3-12H,1-2H3. The van der Waals surface area contributed by atoms with Crippen LogP contribution >= 0.6 is 23.5 Å². The molecule has 0 atom stereocenters. The second-order valence-electron chi connectivity index (χ2n) is 5.10. The fraction of sp³-hybridized carbons (Fsp3) is 0.105. The van der Waals surface area contributed by atoms with Crippen molar-refractivity contribution in [1.29, 1.82) is 0 Å². The Morgan fingerprint density at radius 2 is 1.52 bits per heavy atom. The maximum Gasteiger partial charge on any atom is 0.343 e. The lowest BCUT2D eigenvalue weighted by Gasteiger charge is -2.04. The summed E-state index contributed by atoms with van der Waals surface area (Å²) >= 11 is 3.59. The van der Waals surface area contributed by atoms with Gasteiger partial charge in [-0.3, -0.25) is 0 Å².